The van der Waals surface area contributed by atoms with Crippen molar-refractivity contribution in [1.29, 1.82) is 0 Å². The third-order valence-corrected chi connectivity index (χ3v) is 3.63. The van der Waals surface area contributed by atoms with E-state index in [1.165, 1.54) is 11.5 Å². The molecule has 0 N–H and O–H groups in total. The Kier molecular flexibility index (Phi) is 3.97. The molecule has 0 atom stereocenters. The van der Waals surface area contributed by atoms with Gasteiger partial charge < -0.3 is 4.90 Å². The standard InChI is InChI=1S/C12H13ClN2OS/c1-2-15(11(16)7-8-13)12-9-5-3-4-6-10(9)14-17-12/h3-6H,2,7-8H2,1H3. The maximum atomic E-state index is 11.9. The number of fused-ring (bicyclic) bond motifs is 1. The molecule has 2 aromatic rings. The Morgan fingerprint density at radius 2 is 2.24 bits per heavy atom. The van der Waals surface area contributed by atoms with E-state index in [2.05, 4.69) is 4.37 Å². The van der Waals surface area contributed by atoms with Crippen LogP contribution in [0.2, 0.25) is 0 Å². The summed E-state index contributed by atoms with van der Waals surface area (Å²) in [7, 11) is 0. The number of halogens is 1. The molecule has 0 unspecified atom stereocenters. The predicted octanol–water partition coefficient (Wildman–Crippen LogP) is 3.28. The van der Waals surface area contributed by atoms with Crippen molar-refractivity contribution in [2.75, 3.05) is 17.3 Å². The van der Waals surface area contributed by atoms with Crippen LogP contribution in [0.5, 0.6) is 0 Å². The molecule has 0 aliphatic heterocycles. The Bertz CT molecular complexity index is 526. The molecule has 0 spiro atoms. The van der Waals surface area contributed by atoms with E-state index in [1.807, 2.05) is 31.2 Å². The number of carbonyl (C=O) groups is 1. The number of amides is 1. The van der Waals surface area contributed by atoms with E-state index in [-0.39, 0.29) is 5.91 Å². The molecule has 1 aromatic heterocycles. The predicted molar refractivity (Wildman–Crippen MR) is 73.0 cm³/mol. The molecule has 5 heteroatoms. The summed E-state index contributed by atoms with van der Waals surface area (Å²) in [5.41, 5.74) is 0.935. The third kappa shape index (κ3) is 2.42. The lowest BCUT2D eigenvalue weighted by molar-refractivity contribution is -0.118. The number of hydrogen-bond acceptors (Lipinski definition) is 3. The lowest BCUT2D eigenvalue weighted by Crippen LogP contribution is -2.30. The topological polar surface area (TPSA) is 33.2 Å². The van der Waals surface area contributed by atoms with Gasteiger partial charge in [-0.1, -0.05) is 12.1 Å². The highest BCUT2D eigenvalue weighted by molar-refractivity contribution is 7.12. The molecule has 2 rings (SSSR count). The highest BCUT2D eigenvalue weighted by Gasteiger charge is 2.18. The first kappa shape index (κ1) is 12.3. The molecule has 17 heavy (non-hydrogen) atoms. The quantitative estimate of drug-likeness (QED) is 0.798. The molecular formula is C12H13ClN2OS. The number of aromatic nitrogens is 1. The zero-order chi connectivity index (χ0) is 12.3. The summed E-state index contributed by atoms with van der Waals surface area (Å²) >= 11 is 6.98. The highest BCUT2D eigenvalue weighted by atomic mass is 35.5. The van der Waals surface area contributed by atoms with Gasteiger partial charge in [0.1, 0.15) is 5.00 Å². The molecule has 1 amide bonds. The summed E-state index contributed by atoms with van der Waals surface area (Å²) in [5, 5.41) is 1.94. The lowest BCUT2D eigenvalue weighted by Gasteiger charge is -2.18. The molecule has 0 fully saturated rings. The van der Waals surface area contributed by atoms with Gasteiger partial charge in [-0.05, 0) is 30.6 Å². The minimum atomic E-state index is 0.0527. The first-order chi connectivity index (χ1) is 8.27. The smallest absolute Gasteiger partial charge is 0.228 e. The van der Waals surface area contributed by atoms with Gasteiger partial charge in [0.15, 0.2) is 0 Å². The normalized spacial score (nSPS) is 10.7. The van der Waals surface area contributed by atoms with Crippen molar-refractivity contribution in [3.8, 4) is 0 Å². The fourth-order valence-electron chi connectivity index (χ4n) is 1.72. The lowest BCUT2D eigenvalue weighted by atomic mass is 10.2. The van der Waals surface area contributed by atoms with Crippen molar-refractivity contribution in [2.24, 2.45) is 0 Å². The van der Waals surface area contributed by atoms with Gasteiger partial charge in [0.05, 0.1) is 5.52 Å². The SMILES string of the molecule is CCN(C(=O)CCCl)c1snc2ccccc12. The van der Waals surface area contributed by atoms with Gasteiger partial charge in [-0.2, -0.15) is 4.37 Å². The van der Waals surface area contributed by atoms with Crippen LogP contribution in [-0.4, -0.2) is 22.7 Å². The zero-order valence-corrected chi connectivity index (χ0v) is 11.1. The van der Waals surface area contributed by atoms with Gasteiger partial charge in [0, 0.05) is 24.2 Å². The molecule has 1 heterocycles. The Balaban J connectivity index is 2.40. The van der Waals surface area contributed by atoms with Crippen molar-refractivity contribution in [1.82, 2.24) is 4.37 Å². The first-order valence-electron chi connectivity index (χ1n) is 5.48. The number of rotatable bonds is 4. The van der Waals surface area contributed by atoms with E-state index in [0.717, 1.165) is 15.9 Å². The van der Waals surface area contributed by atoms with Crippen LogP contribution in [0.25, 0.3) is 10.9 Å². The summed E-state index contributed by atoms with van der Waals surface area (Å²) in [4.78, 5) is 13.7. The molecule has 1 aromatic carbocycles. The Hall–Kier alpha value is -1.13. The monoisotopic (exact) mass is 268 g/mol. The van der Waals surface area contributed by atoms with Crippen LogP contribution in [0.4, 0.5) is 5.00 Å². The van der Waals surface area contributed by atoms with Crippen molar-refractivity contribution in [3.63, 3.8) is 0 Å². The van der Waals surface area contributed by atoms with Gasteiger partial charge in [-0.15, -0.1) is 11.6 Å². The second kappa shape index (κ2) is 5.47. The molecular weight excluding hydrogens is 256 g/mol. The van der Waals surface area contributed by atoms with Crippen molar-refractivity contribution in [3.05, 3.63) is 24.3 Å². The molecule has 0 radical (unpaired) electrons. The maximum absolute atomic E-state index is 11.9. The van der Waals surface area contributed by atoms with E-state index < -0.39 is 0 Å². The Morgan fingerprint density at radius 1 is 1.47 bits per heavy atom. The molecule has 0 bridgehead atoms. The highest BCUT2D eigenvalue weighted by Crippen LogP contribution is 2.31. The summed E-state index contributed by atoms with van der Waals surface area (Å²) in [6.07, 6.45) is 0.363. The minimum absolute atomic E-state index is 0.0527. The van der Waals surface area contributed by atoms with Crippen LogP contribution < -0.4 is 4.90 Å². The molecule has 3 nitrogen and oxygen atoms in total. The second-order valence-electron chi connectivity index (χ2n) is 3.58. The zero-order valence-electron chi connectivity index (χ0n) is 9.52. The van der Waals surface area contributed by atoms with E-state index in [9.17, 15) is 4.79 Å². The molecule has 0 aliphatic rings. The number of hydrogen-bond donors (Lipinski definition) is 0. The maximum Gasteiger partial charge on any atom is 0.228 e. The molecule has 0 aliphatic carbocycles. The molecule has 0 saturated carbocycles. The average Bonchev–Trinajstić information content (AvgIpc) is 2.75. The van der Waals surface area contributed by atoms with Gasteiger partial charge in [-0.25, -0.2) is 0 Å². The molecule has 90 valence electrons. The second-order valence-corrected chi connectivity index (χ2v) is 4.71. The summed E-state index contributed by atoms with van der Waals surface area (Å²) in [6, 6.07) is 7.85. The van der Waals surface area contributed by atoms with E-state index in [4.69, 9.17) is 11.6 Å². The van der Waals surface area contributed by atoms with Crippen LogP contribution in [-0.2, 0) is 4.79 Å². The fraction of sp³-hybridized carbons (Fsp3) is 0.333. The van der Waals surface area contributed by atoms with Gasteiger partial charge in [-0.3, -0.25) is 4.79 Å². The number of carbonyl (C=O) groups excluding carboxylic acids is 1. The van der Waals surface area contributed by atoms with Gasteiger partial charge in [0.25, 0.3) is 0 Å². The van der Waals surface area contributed by atoms with Crippen LogP contribution in [0.3, 0.4) is 0 Å². The Morgan fingerprint density at radius 3 is 2.94 bits per heavy atom. The van der Waals surface area contributed by atoms with E-state index >= 15 is 0 Å². The molecule has 0 saturated heterocycles. The van der Waals surface area contributed by atoms with E-state index in [0.29, 0.717) is 18.8 Å². The Labute approximate surface area is 109 Å². The van der Waals surface area contributed by atoms with Gasteiger partial charge in [0.2, 0.25) is 5.91 Å². The minimum Gasteiger partial charge on any atom is -0.302 e. The first-order valence-corrected chi connectivity index (χ1v) is 6.79. The van der Waals surface area contributed by atoms with Crippen LogP contribution in [0, 0.1) is 0 Å². The average molecular weight is 269 g/mol. The van der Waals surface area contributed by atoms with Crippen molar-refractivity contribution < 1.29 is 4.79 Å². The number of nitrogens with zero attached hydrogens (tertiary/aromatic N) is 2. The van der Waals surface area contributed by atoms with Gasteiger partial charge >= 0.3 is 0 Å². The van der Waals surface area contributed by atoms with Crippen LogP contribution in [0.1, 0.15) is 13.3 Å². The number of benzene rings is 1. The van der Waals surface area contributed by atoms with Crippen LogP contribution >= 0.6 is 23.1 Å². The van der Waals surface area contributed by atoms with E-state index in [1.54, 1.807) is 4.90 Å². The summed E-state index contributed by atoms with van der Waals surface area (Å²) in [5.74, 6) is 0.406. The number of alkyl halides is 1. The van der Waals surface area contributed by atoms with Crippen molar-refractivity contribution >= 4 is 44.9 Å². The largest absolute Gasteiger partial charge is 0.302 e. The van der Waals surface area contributed by atoms with Crippen molar-refractivity contribution in [2.45, 2.75) is 13.3 Å². The third-order valence-electron chi connectivity index (χ3n) is 2.54. The fourth-order valence-corrected chi connectivity index (χ4v) is 2.83. The summed E-state index contributed by atoms with van der Waals surface area (Å²) < 4.78 is 4.34. The summed E-state index contributed by atoms with van der Waals surface area (Å²) in [6.45, 7) is 2.60. The number of anilines is 1. The van der Waals surface area contributed by atoms with Crippen LogP contribution in [0.15, 0.2) is 24.3 Å².